The van der Waals surface area contributed by atoms with Crippen molar-refractivity contribution in [2.24, 2.45) is 0 Å². The van der Waals surface area contributed by atoms with Gasteiger partial charge < -0.3 is 20.1 Å². The monoisotopic (exact) mass is 236 g/mol. The lowest BCUT2D eigenvalue weighted by Gasteiger charge is -2.37. The highest BCUT2D eigenvalue weighted by atomic mass is 16.5. The fraction of sp³-hybridized carbons (Fsp3) is 0.538. The van der Waals surface area contributed by atoms with Crippen LogP contribution >= 0.6 is 0 Å². The third-order valence-corrected chi connectivity index (χ3v) is 3.30. The Balaban J connectivity index is 2.40. The van der Waals surface area contributed by atoms with E-state index in [1.54, 1.807) is 14.2 Å². The number of ether oxygens (including phenoxy) is 2. The molecule has 1 aromatic rings. The molecule has 1 aromatic carbocycles. The van der Waals surface area contributed by atoms with Crippen LogP contribution in [0.25, 0.3) is 0 Å². The molecule has 2 rings (SSSR count). The van der Waals surface area contributed by atoms with Crippen LogP contribution in [0.5, 0.6) is 11.5 Å². The van der Waals surface area contributed by atoms with Gasteiger partial charge in [-0.2, -0.15) is 0 Å². The van der Waals surface area contributed by atoms with Gasteiger partial charge in [-0.25, -0.2) is 0 Å². The van der Waals surface area contributed by atoms with Gasteiger partial charge in [0, 0.05) is 25.2 Å². The zero-order chi connectivity index (χ0) is 12.3. The molecule has 1 fully saturated rings. The highest BCUT2D eigenvalue weighted by Crippen LogP contribution is 2.33. The molecule has 2 N–H and O–H groups in total. The van der Waals surface area contributed by atoms with Gasteiger partial charge in [-0.15, -0.1) is 0 Å². The van der Waals surface area contributed by atoms with Crippen LogP contribution in [0.1, 0.15) is 12.5 Å². The SMILES string of the molecule is COc1ccc(OC)c(C2(C)CNCCN2)c1. The summed E-state index contributed by atoms with van der Waals surface area (Å²) in [5, 5.41) is 6.94. The van der Waals surface area contributed by atoms with Crippen LogP contribution in [-0.4, -0.2) is 33.9 Å². The molecule has 1 atom stereocenters. The van der Waals surface area contributed by atoms with E-state index in [1.807, 2.05) is 18.2 Å². The van der Waals surface area contributed by atoms with Gasteiger partial charge in [0.2, 0.25) is 0 Å². The Hall–Kier alpha value is -1.26. The quantitative estimate of drug-likeness (QED) is 0.825. The molecule has 4 nitrogen and oxygen atoms in total. The highest BCUT2D eigenvalue weighted by molar-refractivity contribution is 5.45. The Morgan fingerprint density at radius 2 is 2.00 bits per heavy atom. The number of nitrogens with one attached hydrogen (secondary N) is 2. The van der Waals surface area contributed by atoms with Gasteiger partial charge >= 0.3 is 0 Å². The second-order valence-corrected chi connectivity index (χ2v) is 4.50. The zero-order valence-corrected chi connectivity index (χ0v) is 10.7. The molecule has 0 aliphatic carbocycles. The van der Waals surface area contributed by atoms with Crippen LogP contribution in [0, 0.1) is 0 Å². The first-order valence-electron chi connectivity index (χ1n) is 5.88. The van der Waals surface area contributed by atoms with Crippen molar-refractivity contribution in [2.45, 2.75) is 12.5 Å². The zero-order valence-electron chi connectivity index (χ0n) is 10.7. The van der Waals surface area contributed by atoms with Gasteiger partial charge in [0.1, 0.15) is 11.5 Å². The number of piperazine rings is 1. The van der Waals surface area contributed by atoms with E-state index in [0.29, 0.717) is 0 Å². The van der Waals surface area contributed by atoms with Crippen molar-refractivity contribution in [3.8, 4) is 11.5 Å². The fourth-order valence-corrected chi connectivity index (χ4v) is 2.26. The summed E-state index contributed by atoms with van der Waals surface area (Å²) in [5.74, 6) is 1.75. The van der Waals surface area contributed by atoms with E-state index in [2.05, 4.69) is 17.6 Å². The van der Waals surface area contributed by atoms with Crippen molar-refractivity contribution in [1.82, 2.24) is 10.6 Å². The van der Waals surface area contributed by atoms with Crippen molar-refractivity contribution < 1.29 is 9.47 Å². The third-order valence-electron chi connectivity index (χ3n) is 3.30. The van der Waals surface area contributed by atoms with E-state index < -0.39 is 0 Å². The molecule has 1 aliphatic rings. The van der Waals surface area contributed by atoms with E-state index in [0.717, 1.165) is 36.7 Å². The largest absolute Gasteiger partial charge is 0.497 e. The minimum Gasteiger partial charge on any atom is -0.497 e. The smallest absolute Gasteiger partial charge is 0.124 e. The topological polar surface area (TPSA) is 42.5 Å². The van der Waals surface area contributed by atoms with Crippen LogP contribution in [0.3, 0.4) is 0 Å². The van der Waals surface area contributed by atoms with Gasteiger partial charge in [0.15, 0.2) is 0 Å². The van der Waals surface area contributed by atoms with E-state index in [-0.39, 0.29) is 5.54 Å². The highest BCUT2D eigenvalue weighted by Gasteiger charge is 2.31. The standard InChI is InChI=1S/C13H20N2O2/c1-13(9-14-6-7-15-13)11-8-10(16-2)4-5-12(11)17-3/h4-5,8,14-15H,6-7,9H2,1-3H3. The van der Waals surface area contributed by atoms with Crippen molar-refractivity contribution >= 4 is 0 Å². The Morgan fingerprint density at radius 1 is 1.18 bits per heavy atom. The molecule has 1 aliphatic heterocycles. The average molecular weight is 236 g/mol. The van der Waals surface area contributed by atoms with E-state index in [9.17, 15) is 0 Å². The predicted molar refractivity (Wildman–Crippen MR) is 67.8 cm³/mol. The van der Waals surface area contributed by atoms with E-state index >= 15 is 0 Å². The Morgan fingerprint density at radius 3 is 2.59 bits per heavy atom. The molecule has 1 heterocycles. The molecule has 0 amide bonds. The van der Waals surface area contributed by atoms with Gasteiger partial charge in [0.05, 0.1) is 19.8 Å². The number of methoxy groups -OCH3 is 2. The molecule has 94 valence electrons. The van der Waals surface area contributed by atoms with Crippen LogP contribution < -0.4 is 20.1 Å². The summed E-state index contributed by atoms with van der Waals surface area (Å²) in [6.45, 7) is 5.02. The Labute approximate surface area is 102 Å². The summed E-state index contributed by atoms with van der Waals surface area (Å²) in [5.41, 5.74) is 1.02. The first-order chi connectivity index (χ1) is 8.19. The summed E-state index contributed by atoms with van der Waals surface area (Å²) in [4.78, 5) is 0. The van der Waals surface area contributed by atoms with Gasteiger partial charge in [-0.05, 0) is 25.1 Å². The van der Waals surface area contributed by atoms with E-state index in [4.69, 9.17) is 9.47 Å². The second-order valence-electron chi connectivity index (χ2n) is 4.50. The minimum atomic E-state index is -0.113. The minimum absolute atomic E-state index is 0.113. The lowest BCUT2D eigenvalue weighted by atomic mass is 9.89. The number of hydrogen-bond donors (Lipinski definition) is 2. The molecule has 1 unspecified atom stereocenters. The molecule has 1 saturated heterocycles. The molecule has 0 radical (unpaired) electrons. The van der Waals surface area contributed by atoms with Crippen LogP contribution in [0.15, 0.2) is 18.2 Å². The van der Waals surface area contributed by atoms with Gasteiger partial charge in [-0.1, -0.05) is 0 Å². The summed E-state index contributed by atoms with van der Waals surface area (Å²) in [6.07, 6.45) is 0. The van der Waals surface area contributed by atoms with Crippen molar-refractivity contribution in [3.63, 3.8) is 0 Å². The maximum atomic E-state index is 5.44. The predicted octanol–water partition coefficient (Wildman–Crippen LogP) is 1.11. The average Bonchev–Trinajstić information content (AvgIpc) is 2.39. The molecular formula is C13H20N2O2. The lowest BCUT2D eigenvalue weighted by Crippen LogP contribution is -2.55. The number of hydrogen-bond acceptors (Lipinski definition) is 4. The van der Waals surface area contributed by atoms with Crippen LogP contribution in [0.2, 0.25) is 0 Å². The van der Waals surface area contributed by atoms with Gasteiger partial charge in [-0.3, -0.25) is 0 Å². The van der Waals surface area contributed by atoms with Crippen molar-refractivity contribution in [1.29, 1.82) is 0 Å². The Kier molecular flexibility index (Phi) is 3.54. The van der Waals surface area contributed by atoms with Crippen LogP contribution in [0.4, 0.5) is 0 Å². The first-order valence-corrected chi connectivity index (χ1v) is 5.88. The Bertz CT molecular complexity index is 387. The molecule has 0 spiro atoms. The molecule has 0 aromatic heterocycles. The fourth-order valence-electron chi connectivity index (χ4n) is 2.26. The molecule has 0 bridgehead atoms. The summed E-state index contributed by atoms with van der Waals surface area (Å²) in [7, 11) is 3.38. The second kappa shape index (κ2) is 4.94. The third kappa shape index (κ3) is 2.37. The van der Waals surface area contributed by atoms with Gasteiger partial charge in [0.25, 0.3) is 0 Å². The maximum absolute atomic E-state index is 5.44. The molecular weight excluding hydrogens is 216 g/mol. The summed E-state index contributed by atoms with van der Waals surface area (Å²) >= 11 is 0. The summed E-state index contributed by atoms with van der Waals surface area (Å²) in [6, 6.07) is 5.91. The number of benzene rings is 1. The van der Waals surface area contributed by atoms with Crippen LogP contribution in [-0.2, 0) is 5.54 Å². The summed E-state index contributed by atoms with van der Waals surface area (Å²) < 4.78 is 10.7. The normalized spacial score (nSPS) is 24.4. The first kappa shape index (κ1) is 12.2. The molecule has 17 heavy (non-hydrogen) atoms. The van der Waals surface area contributed by atoms with E-state index in [1.165, 1.54) is 0 Å². The maximum Gasteiger partial charge on any atom is 0.124 e. The lowest BCUT2D eigenvalue weighted by molar-refractivity contribution is 0.288. The number of rotatable bonds is 3. The molecule has 4 heteroatoms. The van der Waals surface area contributed by atoms with Crippen molar-refractivity contribution in [3.05, 3.63) is 23.8 Å². The molecule has 0 saturated carbocycles. The van der Waals surface area contributed by atoms with Crippen molar-refractivity contribution in [2.75, 3.05) is 33.9 Å².